The van der Waals surface area contributed by atoms with Crippen LogP contribution < -0.4 is 5.32 Å². The summed E-state index contributed by atoms with van der Waals surface area (Å²) in [5, 5.41) is 8.13. The third kappa shape index (κ3) is 2.13. The molecule has 24 heavy (non-hydrogen) atoms. The Morgan fingerprint density at radius 1 is 1.21 bits per heavy atom. The molecular weight excluding hydrogens is 296 g/mol. The summed E-state index contributed by atoms with van der Waals surface area (Å²) < 4.78 is 1.90. The Balaban J connectivity index is 1.45. The number of nitrogens with zero attached hydrogens (tertiary/aromatic N) is 3. The Kier molecular flexibility index (Phi) is 2.98. The molecule has 120 valence electrons. The molecule has 0 spiro atoms. The van der Waals surface area contributed by atoms with Crippen LogP contribution in [0.4, 0.5) is 5.82 Å². The van der Waals surface area contributed by atoms with Crippen molar-refractivity contribution in [3.8, 4) is 0 Å². The van der Waals surface area contributed by atoms with Crippen molar-refractivity contribution in [2.24, 2.45) is 0 Å². The monoisotopic (exact) mass is 316 g/mol. The Hall–Kier alpha value is -2.62. The molecule has 2 aromatic heterocycles. The number of aromatic nitrogens is 3. The molecular formula is C20H20N4. The molecule has 1 atom stereocenters. The van der Waals surface area contributed by atoms with E-state index < -0.39 is 0 Å². The van der Waals surface area contributed by atoms with Crippen LogP contribution in [0, 0.1) is 6.92 Å². The van der Waals surface area contributed by atoms with Crippen LogP contribution in [0.25, 0.3) is 11.2 Å². The number of anilines is 1. The van der Waals surface area contributed by atoms with Crippen LogP contribution in [0.1, 0.15) is 36.1 Å². The predicted molar refractivity (Wildman–Crippen MR) is 96.1 cm³/mol. The number of nitrogens with one attached hydrogen (secondary N) is 1. The molecule has 0 radical (unpaired) electrons. The Morgan fingerprint density at radius 3 is 3.08 bits per heavy atom. The summed E-state index contributed by atoms with van der Waals surface area (Å²) in [6.45, 7) is 2.03. The average molecular weight is 316 g/mol. The van der Waals surface area contributed by atoms with E-state index in [1.54, 1.807) is 11.1 Å². The second-order valence-electron chi connectivity index (χ2n) is 6.88. The van der Waals surface area contributed by atoms with Crippen molar-refractivity contribution in [1.29, 1.82) is 0 Å². The Morgan fingerprint density at radius 2 is 2.12 bits per heavy atom. The van der Waals surface area contributed by atoms with Crippen molar-refractivity contribution in [3.05, 3.63) is 65.0 Å². The van der Waals surface area contributed by atoms with Gasteiger partial charge in [-0.3, -0.25) is 0 Å². The maximum atomic E-state index is 4.52. The first kappa shape index (κ1) is 13.8. The zero-order valence-electron chi connectivity index (χ0n) is 13.8. The van der Waals surface area contributed by atoms with E-state index in [1.807, 2.05) is 23.7 Å². The first-order valence-electron chi connectivity index (χ1n) is 8.65. The number of benzene rings is 1. The van der Waals surface area contributed by atoms with E-state index in [4.69, 9.17) is 0 Å². The molecule has 5 rings (SSSR count). The van der Waals surface area contributed by atoms with Gasteiger partial charge in [-0.15, -0.1) is 0 Å². The van der Waals surface area contributed by atoms with Crippen molar-refractivity contribution in [3.63, 3.8) is 0 Å². The second kappa shape index (κ2) is 5.20. The minimum atomic E-state index is 0.448. The van der Waals surface area contributed by atoms with Gasteiger partial charge in [0.15, 0.2) is 5.65 Å². The zero-order chi connectivity index (χ0) is 16.1. The van der Waals surface area contributed by atoms with E-state index in [1.165, 1.54) is 24.0 Å². The highest BCUT2D eigenvalue weighted by Crippen LogP contribution is 2.42. The fourth-order valence-corrected chi connectivity index (χ4v) is 4.16. The van der Waals surface area contributed by atoms with E-state index in [0.717, 1.165) is 30.0 Å². The molecule has 1 aromatic carbocycles. The molecule has 2 aliphatic carbocycles. The smallest absolute Gasteiger partial charge is 0.157 e. The molecule has 0 amide bonds. The van der Waals surface area contributed by atoms with E-state index in [0.29, 0.717) is 6.04 Å². The topological polar surface area (TPSA) is 42.2 Å². The third-order valence-electron chi connectivity index (χ3n) is 5.26. The van der Waals surface area contributed by atoms with Crippen LogP contribution >= 0.6 is 0 Å². The molecule has 2 heterocycles. The largest absolute Gasteiger partial charge is 0.367 e. The minimum Gasteiger partial charge on any atom is -0.367 e. The SMILES string of the molecule is Cc1cc(NC2CCC3=C(C2)c2ccccc2C3)n2nccc2n1. The van der Waals surface area contributed by atoms with Crippen molar-refractivity contribution < 1.29 is 0 Å². The van der Waals surface area contributed by atoms with Gasteiger partial charge in [0.1, 0.15) is 5.82 Å². The van der Waals surface area contributed by atoms with Crippen LogP contribution in [0.15, 0.2) is 48.2 Å². The van der Waals surface area contributed by atoms with Gasteiger partial charge in [-0.25, -0.2) is 4.98 Å². The number of hydrogen-bond acceptors (Lipinski definition) is 3. The molecule has 1 unspecified atom stereocenters. The number of rotatable bonds is 2. The highest BCUT2D eigenvalue weighted by molar-refractivity contribution is 5.77. The molecule has 1 N–H and O–H groups in total. The lowest BCUT2D eigenvalue weighted by Gasteiger charge is -2.26. The molecule has 0 fully saturated rings. The van der Waals surface area contributed by atoms with Gasteiger partial charge >= 0.3 is 0 Å². The lowest BCUT2D eigenvalue weighted by molar-refractivity contribution is 0.629. The predicted octanol–water partition coefficient (Wildman–Crippen LogP) is 4.01. The maximum absolute atomic E-state index is 4.52. The molecule has 0 saturated heterocycles. The van der Waals surface area contributed by atoms with Crippen LogP contribution in [0.3, 0.4) is 0 Å². The van der Waals surface area contributed by atoms with Crippen molar-refractivity contribution in [2.45, 2.75) is 38.6 Å². The first-order chi connectivity index (χ1) is 11.8. The van der Waals surface area contributed by atoms with Crippen molar-refractivity contribution in [2.75, 3.05) is 5.32 Å². The molecule has 3 aromatic rings. The number of aryl methyl sites for hydroxylation is 1. The summed E-state index contributed by atoms with van der Waals surface area (Å²) in [5.41, 5.74) is 8.10. The molecule has 4 nitrogen and oxygen atoms in total. The van der Waals surface area contributed by atoms with E-state index in [-0.39, 0.29) is 0 Å². The summed E-state index contributed by atoms with van der Waals surface area (Å²) >= 11 is 0. The normalized spacial score (nSPS) is 19.5. The minimum absolute atomic E-state index is 0.448. The van der Waals surface area contributed by atoms with Gasteiger partial charge in [0.05, 0.1) is 6.20 Å². The number of allylic oxidation sites excluding steroid dienone is 1. The van der Waals surface area contributed by atoms with Gasteiger partial charge < -0.3 is 5.32 Å². The summed E-state index contributed by atoms with van der Waals surface area (Å²) in [7, 11) is 0. The van der Waals surface area contributed by atoms with Crippen LogP contribution in [0.2, 0.25) is 0 Å². The van der Waals surface area contributed by atoms with E-state index >= 15 is 0 Å². The van der Waals surface area contributed by atoms with Crippen molar-refractivity contribution >= 4 is 17.0 Å². The second-order valence-corrected chi connectivity index (χ2v) is 6.88. The van der Waals surface area contributed by atoms with Crippen LogP contribution in [-0.4, -0.2) is 20.6 Å². The lowest BCUT2D eigenvalue weighted by Crippen LogP contribution is -2.24. The van der Waals surface area contributed by atoms with Gasteiger partial charge in [0.25, 0.3) is 0 Å². The fourth-order valence-electron chi connectivity index (χ4n) is 4.16. The first-order valence-corrected chi connectivity index (χ1v) is 8.65. The summed E-state index contributed by atoms with van der Waals surface area (Å²) in [6, 6.07) is 13.4. The van der Waals surface area contributed by atoms with E-state index in [9.17, 15) is 0 Å². The average Bonchev–Trinajstić information content (AvgIpc) is 3.19. The van der Waals surface area contributed by atoms with E-state index in [2.05, 4.69) is 45.7 Å². The molecule has 0 bridgehead atoms. The molecule has 4 heteroatoms. The summed E-state index contributed by atoms with van der Waals surface area (Å²) in [4.78, 5) is 4.52. The Bertz CT molecular complexity index is 967. The quantitative estimate of drug-likeness (QED) is 0.776. The standard InChI is InChI=1S/C20H20N4/c1-13-10-20(24-19(22-13)8-9-21-24)23-16-7-6-15-11-14-4-2-3-5-17(14)18(15)12-16/h2-5,8-10,16,23H,6-7,11-12H2,1H3. The fraction of sp³-hybridized carbons (Fsp3) is 0.300. The Labute approximate surface area is 141 Å². The maximum Gasteiger partial charge on any atom is 0.157 e. The third-order valence-corrected chi connectivity index (χ3v) is 5.26. The highest BCUT2D eigenvalue weighted by atomic mass is 15.3. The van der Waals surface area contributed by atoms with Crippen LogP contribution in [0.5, 0.6) is 0 Å². The summed E-state index contributed by atoms with van der Waals surface area (Å²) in [5.74, 6) is 1.04. The molecule has 0 aliphatic heterocycles. The lowest BCUT2D eigenvalue weighted by atomic mass is 9.88. The van der Waals surface area contributed by atoms with Gasteiger partial charge in [-0.2, -0.15) is 9.61 Å². The zero-order valence-corrected chi connectivity index (χ0v) is 13.8. The molecule has 2 aliphatic rings. The molecule has 0 saturated carbocycles. The van der Waals surface area contributed by atoms with Gasteiger partial charge in [-0.05, 0) is 49.3 Å². The summed E-state index contributed by atoms with van der Waals surface area (Å²) in [6.07, 6.45) is 6.42. The number of fused-ring (bicyclic) bond motifs is 3. The van der Waals surface area contributed by atoms with Gasteiger partial charge in [-0.1, -0.05) is 29.8 Å². The number of hydrogen-bond donors (Lipinski definition) is 1. The highest BCUT2D eigenvalue weighted by Gasteiger charge is 2.28. The van der Waals surface area contributed by atoms with Crippen molar-refractivity contribution in [1.82, 2.24) is 14.6 Å². The van der Waals surface area contributed by atoms with Crippen LogP contribution in [-0.2, 0) is 6.42 Å². The van der Waals surface area contributed by atoms with Gasteiger partial charge in [0, 0.05) is 23.9 Å². The van der Waals surface area contributed by atoms with Gasteiger partial charge in [0.2, 0.25) is 0 Å².